The second kappa shape index (κ2) is 6.94. The van der Waals surface area contributed by atoms with Gasteiger partial charge < -0.3 is 9.47 Å². The number of benzene rings is 2. The van der Waals surface area contributed by atoms with E-state index in [4.69, 9.17) is 21.1 Å². The van der Waals surface area contributed by atoms with Gasteiger partial charge in [0.2, 0.25) is 5.90 Å². The van der Waals surface area contributed by atoms with Gasteiger partial charge in [-0.15, -0.1) is 0 Å². The van der Waals surface area contributed by atoms with Crippen LogP contribution in [-0.4, -0.2) is 23.4 Å². The van der Waals surface area contributed by atoms with Crippen LogP contribution in [0.3, 0.4) is 0 Å². The van der Waals surface area contributed by atoms with Crippen LogP contribution in [0.2, 0.25) is 5.02 Å². The van der Waals surface area contributed by atoms with Crippen molar-refractivity contribution in [2.45, 2.75) is 6.92 Å². The molecule has 0 saturated carbocycles. The van der Waals surface area contributed by atoms with E-state index in [1.54, 1.807) is 43.3 Å². The molecule has 7 nitrogen and oxygen atoms in total. The van der Waals surface area contributed by atoms with Crippen molar-refractivity contribution in [3.63, 3.8) is 0 Å². The van der Waals surface area contributed by atoms with Crippen LogP contribution in [0.5, 0.6) is 5.75 Å². The van der Waals surface area contributed by atoms with Crippen molar-refractivity contribution in [1.82, 2.24) is 0 Å². The Morgan fingerprint density at radius 3 is 2.86 bits per heavy atom. The maximum atomic E-state index is 12.2. The Bertz CT molecular complexity index is 1120. The molecule has 0 saturated heterocycles. The molecule has 0 fully saturated rings. The van der Waals surface area contributed by atoms with Crippen LogP contribution in [0.25, 0.3) is 6.08 Å². The van der Waals surface area contributed by atoms with Gasteiger partial charge in [0.25, 0.3) is 5.69 Å². The maximum absolute atomic E-state index is 12.2. The molecule has 28 heavy (non-hydrogen) atoms. The van der Waals surface area contributed by atoms with Gasteiger partial charge in [-0.05, 0) is 48.9 Å². The zero-order chi connectivity index (χ0) is 19.8. The summed E-state index contributed by atoms with van der Waals surface area (Å²) in [5, 5.41) is 11.7. The standard InChI is InChI=1S/C20H13ClN2O5/c1-11-2-3-13(9-17(11)23(25)26)19-22-16(20(24)28-19)7-12-6-14-8-15(21)4-5-18(14)27-10-12/h2-9H,10H2,1H3. The molecule has 0 spiro atoms. The number of aryl methyl sites for hydroxylation is 1. The third-order valence-electron chi connectivity index (χ3n) is 4.30. The molecular weight excluding hydrogens is 384 g/mol. The smallest absolute Gasteiger partial charge is 0.363 e. The minimum atomic E-state index is -0.629. The van der Waals surface area contributed by atoms with E-state index < -0.39 is 10.9 Å². The third kappa shape index (κ3) is 3.39. The molecule has 0 aromatic heterocycles. The summed E-state index contributed by atoms with van der Waals surface area (Å²) >= 11 is 6.01. The highest BCUT2D eigenvalue weighted by molar-refractivity contribution is 6.30. The highest BCUT2D eigenvalue weighted by atomic mass is 35.5. The van der Waals surface area contributed by atoms with Gasteiger partial charge in [0, 0.05) is 27.8 Å². The molecule has 0 radical (unpaired) electrons. The monoisotopic (exact) mass is 396 g/mol. The van der Waals surface area contributed by atoms with Crippen molar-refractivity contribution in [2.75, 3.05) is 6.61 Å². The van der Waals surface area contributed by atoms with Crippen LogP contribution >= 0.6 is 11.6 Å². The van der Waals surface area contributed by atoms with Gasteiger partial charge in [-0.3, -0.25) is 10.1 Å². The van der Waals surface area contributed by atoms with Crippen molar-refractivity contribution < 1.29 is 19.2 Å². The molecule has 0 atom stereocenters. The van der Waals surface area contributed by atoms with Crippen molar-refractivity contribution in [3.05, 3.63) is 85.6 Å². The molecule has 0 bridgehead atoms. The summed E-state index contributed by atoms with van der Waals surface area (Å²) in [7, 11) is 0. The fourth-order valence-electron chi connectivity index (χ4n) is 2.90. The van der Waals surface area contributed by atoms with Gasteiger partial charge in [-0.25, -0.2) is 9.79 Å². The van der Waals surface area contributed by atoms with Gasteiger partial charge in [-0.1, -0.05) is 17.7 Å². The lowest BCUT2D eigenvalue weighted by Gasteiger charge is -2.16. The number of hydrogen-bond donors (Lipinski definition) is 0. The summed E-state index contributed by atoms with van der Waals surface area (Å²) in [5.41, 5.74) is 2.43. The Balaban J connectivity index is 1.67. The minimum Gasteiger partial charge on any atom is -0.488 e. The number of ether oxygens (including phenoxy) is 2. The Kier molecular flexibility index (Phi) is 4.44. The second-order valence-electron chi connectivity index (χ2n) is 6.28. The fourth-order valence-corrected chi connectivity index (χ4v) is 3.08. The molecule has 2 aromatic carbocycles. The third-order valence-corrected chi connectivity index (χ3v) is 4.54. The van der Waals surface area contributed by atoms with Crippen molar-refractivity contribution in [1.29, 1.82) is 0 Å². The van der Waals surface area contributed by atoms with Crippen LogP contribution in [-0.2, 0) is 9.53 Å². The van der Waals surface area contributed by atoms with Gasteiger partial charge in [0.05, 0.1) is 4.92 Å². The van der Waals surface area contributed by atoms with E-state index in [-0.39, 0.29) is 23.9 Å². The van der Waals surface area contributed by atoms with E-state index in [1.807, 2.05) is 6.08 Å². The number of nitrogens with zero attached hydrogens (tertiary/aromatic N) is 2. The lowest BCUT2D eigenvalue weighted by molar-refractivity contribution is -0.385. The molecule has 2 aliphatic heterocycles. The van der Waals surface area contributed by atoms with E-state index in [9.17, 15) is 14.9 Å². The quantitative estimate of drug-likeness (QED) is 0.335. The molecule has 0 aliphatic carbocycles. The predicted molar refractivity (Wildman–Crippen MR) is 103 cm³/mol. The summed E-state index contributed by atoms with van der Waals surface area (Å²) in [6.07, 6.45) is 3.43. The van der Waals surface area contributed by atoms with E-state index in [2.05, 4.69) is 4.99 Å². The first-order valence-electron chi connectivity index (χ1n) is 8.31. The zero-order valence-electron chi connectivity index (χ0n) is 14.6. The largest absolute Gasteiger partial charge is 0.488 e. The number of aliphatic imine (C=N–C) groups is 1. The maximum Gasteiger partial charge on any atom is 0.363 e. The van der Waals surface area contributed by atoms with Gasteiger partial charge in [0.15, 0.2) is 5.70 Å². The number of hydrogen-bond acceptors (Lipinski definition) is 6. The van der Waals surface area contributed by atoms with Crippen molar-refractivity contribution >= 4 is 35.2 Å². The number of nitro benzene ring substituents is 1. The minimum absolute atomic E-state index is 0.0279. The van der Waals surface area contributed by atoms with Gasteiger partial charge in [0.1, 0.15) is 12.4 Å². The first-order chi connectivity index (χ1) is 13.4. The Morgan fingerprint density at radius 2 is 2.07 bits per heavy atom. The topological polar surface area (TPSA) is 91.0 Å². The lowest BCUT2D eigenvalue weighted by Crippen LogP contribution is -2.08. The van der Waals surface area contributed by atoms with Crippen LogP contribution in [0.4, 0.5) is 5.69 Å². The van der Waals surface area contributed by atoms with Crippen molar-refractivity contribution in [3.8, 4) is 5.75 Å². The highest BCUT2D eigenvalue weighted by Crippen LogP contribution is 2.30. The highest BCUT2D eigenvalue weighted by Gasteiger charge is 2.26. The summed E-state index contributed by atoms with van der Waals surface area (Å²) in [6.45, 7) is 1.90. The molecule has 2 aromatic rings. The van der Waals surface area contributed by atoms with E-state index in [0.29, 0.717) is 21.9 Å². The van der Waals surface area contributed by atoms with E-state index in [0.717, 1.165) is 11.1 Å². The first-order valence-corrected chi connectivity index (χ1v) is 8.69. The Morgan fingerprint density at radius 1 is 1.25 bits per heavy atom. The lowest BCUT2D eigenvalue weighted by atomic mass is 10.1. The van der Waals surface area contributed by atoms with Crippen LogP contribution in [0, 0.1) is 17.0 Å². The molecule has 4 rings (SSSR count). The molecule has 2 aliphatic rings. The summed E-state index contributed by atoms with van der Waals surface area (Å²) < 4.78 is 10.9. The Hall–Kier alpha value is -3.45. The number of carbonyl (C=O) groups excluding carboxylic acids is 1. The van der Waals surface area contributed by atoms with Crippen molar-refractivity contribution in [2.24, 2.45) is 4.99 Å². The first kappa shape index (κ1) is 17.9. The SMILES string of the molecule is Cc1ccc(C2=NC(=CC3=Cc4cc(Cl)ccc4OC3)C(=O)O2)cc1[N+](=O)[O-]. The van der Waals surface area contributed by atoms with Gasteiger partial charge in [-0.2, -0.15) is 0 Å². The average molecular weight is 397 g/mol. The predicted octanol–water partition coefficient (Wildman–Crippen LogP) is 4.22. The van der Waals surface area contributed by atoms with E-state index in [1.165, 1.54) is 6.07 Å². The second-order valence-corrected chi connectivity index (χ2v) is 6.72. The summed E-state index contributed by atoms with van der Waals surface area (Å²) in [4.78, 5) is 27.0. The molecule has 0 N–H and O–H groups in total. The number of fused-ring (bicyclic) bond motifs is 1. The zero-order valence-corrected chi connectivity index (χ0v) is 15.4. The fraction of sp³-hybridized carbons (Fsp3) is 0.100. The summed E-state index contributed by atoms with van der Waals surface area (Å²) in [6, 6.07) is 9.83. The normalized spacial score (nSPS) is 16.8. The number of halogens is 1. The average Bonchev–Trinajstić information content (AvgIpc) is 3.02. The number of rotatable bonds is 3. The van der Waals surface area contributed by atoms with Crippen LogP contribution in [0.1, 0.15) is 16.7 Å². The van der Waals surface area contributed by atoms with Crippen LogP contribution in [0.15, 0.2) is 58.7 Å². The molecule has 8 heteroatoms. The molecular formula is C20H13ClN2O5. The molecule has 2 heterocycles. The summed E-state index contributed by atoms with van der Waals surface area (Å²) in [5.74, 6) is 0.104. The molecule has 0 unspecified atom stereocenters. The van der Waals surface area contributed by atoms with Crippen LogP contribution < -0.4 is 4.74 Å². The molecule has 140 valence electrons. The Labute approximate surface area is 164 Å². The number of carbonyl (C=O) groups is 1. The number of esters is 1. The number of cyclic esters (lactones) is 1. The van der Waals surface area contributed by atoms with Gasteiger partial charge >= 0.3 is 5.97 Å². The molecule has 0 amide bonds. The van der Waals surface area contributed by atoms with E-state index >= 15 is 0 Å². The number of nitro groups is 1.